The second-order valence-corrected chi connectivity index (χ2v) is 57.1. The van der Waals surface area contributed by atoms with Crippen LogP contribution in [0.5, 0.6) is 0 Å². The largest absolute Gasteiger partial charge is 0.418 e. The van der Waals surface area contributed by atoms with Crippen molar-refractivity contribution in [1.82, 2.24) is 43.2 Å². The zero-order chi connectivity index (χ0) is 110. The Morgan fingerprint density at radius 2 is 0.604 bits per heavy atom. The van der Waals surface area contributed by atoms with Gasteiger partial charge in [0.15, 0.2) is 0 Å². The molecule has 30 nitrogen and oxygen atoms in total. The number of halogens is 9. The number of hydrogen-bond acceptors (Lipinski definition) is 21. The molecule has 8 aliphatic rings. The van der Waals surface area contributed by atoms with Crippen molar-refractivity contribution >= 4 is 108 Å². The van der Waals surface area contributed by atoms with Crippen LogP contribution in [0.3, 0.4) is 0 Å². The summed E-state index contributed by atoms with van der Waals surface area (Å²) in [6.07, 6.45) is 11.1. The molecule has 0 spiro atoms. The van der Waals surface area contributed by atoms with Crippen molar-refractivity contribution in [3.05, 3.63) is 142 Å². The van der Waals surface area contributed by atoms with E-state index in [9.17, 15) is 101 Å². The number of hydrogen-bond donors (Lipinski definition) is 10. The van der Waals surface area contributed by atoms with E-state index in [1.54, 1.807) is 157 Å². The first-order valence-corrected chi connectivity index (χ1v) is 59.8. The Balaban J connectivity index is 0.000000207. The first kappa shape index (κ1) is 124. The fraction of sp³-hybridized carbons (Fsp3) is 0.676. The van der Waals surface area contributed by atoms with E-state index in [1.165, 1.54) is 58.3 Å². The molecule has 0 unspecified atom stereocenters. The number of likely N-dealkylation sites (tertiary alicyclic amines) is 2. The van der Waals surface area contributed by atoms with Crippen molar-refractivity contribution in [2.45, 2.75) is 306 Å². The number of ether oxygens (including phenoxy) is 1. The average molecular weight is 2210 g/mol. The molecule has 0 radical (unpaired) electrons. The van der Waals surface area contributed by atoms with Crippen LogP contribution < -0.4 is 55.1 Å². The number of benzene rings is 5. The molecule has 0 bridgehead atoms. The standard InChI is InChI=1S/C23H34F3N3O3S.C22H34F3N3O3S.C20H30FN3O3S.2C20H32FN3O3S/c1-22(2,3)33(31,32)28-19-8-6-16(7-9-19)15-27-20-13-17(12-18(14-20)23(24,25)26)21(30)29-10-4-5-11-29;1-21(2,3)32(29,30)27-17-6-4-16(5-7-17)15-26-18-8-9-19(22(23,24)25)20(14-18)28-10-12-31-13-11-28;1-2-28(26,27)23-18-7-5-15(6-8-18)14-22-19-12-16(11-17(21)13-19)20(25)24-9-3-4-10-24;2*1-20(2,3)28(26,27)23-17-8-6-14(7-9-17)13-22-18-11-15(10-16(21)12-18)19(25)24(4)5/h12-14,16,19,27-28H,4-11,15H2,1-3H3;8-9,14,16-17,26-27H,4-7,10-13,15H2,1-3H3;11-13,15,18,22-23H,2-10,14H2,1H3;2*10-12,14,17,22-23H,6-9,13H2,1-5H3. The number of carbonyl (C=O) groups excluding carboxylic acids is 4. The summed E-state index contributed by atoms with van der Waals surface area (Å²) in [6.45, 7) is 29.2. The Hall–Kier alpha value is -8.34. The second-order valence-electron chi connectivity index (χ2n) is 45.2. The van der Waals surface area contributed by atoms with Gasteiger partial charge >= 0.3 is 12.4 Å². The molecule has 10 N–H and O–H groups in total. The summed E-state index contributed by atoms with van der Waals surface area (Å²) in [6, 6.07) is 20.5. The van der Waals surface area contributed by atoms with Crippen LogP contribution in [0.2, 0.25) is 0 Å². The van der Waals surface area contributed by atoms with E-state index >= 15 is 0 Å². The number of rotatable bonds is 31. The van der Waals surface area contributed by atoms with Gasteiger partial charge in [0.05, 0.1) is 54.8 Å². The van der Waals surface area contributed by atoms with Crippen LogP contribution in [0.25, 0.3) is 0 Å². The maximum Gasteiger partial charge on any atom is 0.418 e. The van der Waals surface area contributed by atoms with Crippen LogP contribution >= 0.6 is 0 Å². The molecule has 5 aromatic carbocycles. The van der Waals surface area contributed by atoms with Crippen LogP contribution in [0, 0.1) is 47.0 Å². The molecule has 149 heavy (non-hydrogen) atoms. The highest BCUT2D eigenvalue weighted by Crippen LogP contribution is 2.41. The minimum Gasteiger partial charge on any atom is -0.385 e. The summed E-state index contributed by atoms with van der Waals surface area (Å²) >= 11 is 0. The average Bonchev–Trinajstić information content (AvgIpc) is 1.09. The first-order valence-electron chi connectivity index (χ1n) is 52.2. The molecule has 3 heterocycles. The molecule has 8 fully saturated rings. The van der Waals surface area contributed by atoms with Gasteiger partial charge in [-0.05, 0) is 365 Å². The zero-order valence-corrected chi connectivity index (χ0v) is 93.7. The minimum atomic E-state index is -4.54. The molecule has 5 aromatic rings. The number of morpholine rings is 1. The summed E-state index contributed by atoms with van der Waals surface area (Å²) < 4.78 is 260. The Kier molecular flexibility index (Phi) is 44.7. The van der Waals surface area contributed by atoms with Gasteiger partial charge in [-0.25, -0.2) is 78.9 Å². The second kappa shape index (κ2) is 53.7. The predicted molar refractivity (Wildman–Crippen MR) is 572 cm³/mol. The number of anilines is 6. The summed E-state index contributed by atoms with van der Waals surface area (Å²) in [7, 11) is -10.1. The van der Waals surface area contributed by atoms with Crippen molar-refractivity contribution in [2.24, 2.45) is 29.6 Å². The van der Waals surface area contributed by atoms with Gasteiger partial charge in [-0.15, -0.1) is 0 Å². The minimum absolute atomic E-state index is 0.0139. The molecule has 5 aliphatic carbocycles. The maximum atomic E-state index is 14.0. The quantitative estimate of drug-likeness (QED) is 0.0184. The van der Waals surface area contributed by atoms with Gasteiger partial charge in [0, 0.05) is 181 Å². The third-order valence-electron chi connectivity index (χ3n) is 28.6. The van der Waals surface area contributed by atoms with Gasteiger partial charge in [-0.3, -0.25) is 19.2 Å². The number of alkyl halides is 6. The van der Waals surface area contributed by atoms with Crippen molar-refractivity contribution < 1.29 is 106 Å². The highest BCUT2D eigenvalue weighted by molar-refractivity contribution is 7.91. The summed E-state index contributed by atoms with van der Waals surface area (Å²) in [5, 5.41) is 16.1. The molecule has 0 atom stereocenters. The van der Waals surface area contributed by atoms with E-state index in [-0.39, 0.29) is 82.4 Å². The zero-order valence-electron chi connectivity index (χ0n) is 89.6. The lowest BCUT2D eigenvalue weighted by Gasteiger charge is -2.32. The SMILES string of the molecule is CC(C)(C)S(=O)(=O)NC1CCC(CNc2cc(C(=O)N3CCCC3)cc(C(F)(F)F)c2)CC1.CC(C)(C)S(=O)(=O)NC1CCC(CNc2ccc(C(F)(F)F)c(N3CCOCC3)c2)CC1.CCS(=O)(=O)NC1CCC(CNc2cc(F)cc(C(=O)N3CCCC3)c2)CC1.CN(C)C(=O)c1cc(F)cc(NCC2CCC(NS(=O)(=O)C(C)(C)C)CC2)c1.CN(C)C(=O)c1cc(F)cc(NCC2CCC(NS(=O)(=O)C(C)(C)C)CC2)c1. The van der Waals surface area contributed by atoms with Crippen LogP contribution in [-0.4, -0.2) is 254 Å². The van der Waals surface area contributed by atoms with Crippen molar-refractivity contribution in [3.63, 3.8) is 0 Å². The summed E-state index contributed by atoms with van der Waals surface area (Å²) in [4.78, 5) is 57.2. The highest BCUT2D eigenvalue weighted by atomic mass is 32.2. The van der Waals surface area contributed by atoms with E-state index in [2.05, 4.69) is 50.2 Å². The lowest BCUT2D eigenvalue weighted by molar-refractivity contribution is -0.138. The van der Waals surface area contributed by atoms with Crippen molar-refractivity contribution in [3.8, 4) is 0 Å². The number of carbonyl (C=O) groups is 4. The Morgan fingerprint density at radius 1 is 0.336 bits per heavy atom. The molecule has 44 heteroatoms. The van der Waals surface area contributed by atoms with Crippen molar-refractivity contribution in [2.75, 3.05) is 151 Å². The summed E-state index contributed by atoms with van der Waals surface area (Å²) in [5.41, 5.74) is 2.52. The van der Waals surface area contributed by atoms with Crippen LogP contribution in [-0.2, 0) is 67.2 Å². The molecule has 13 rings (SSSR count). The van der Waals surface area contributed by atoms with Gasteiger partial charge < -0.3 is 55.8 Å². The van der Waals surface area contributed by atoms with E-state index in [4.69, 9.17) is 4.74 Å². The normalized spacial score (nSPS) is 22.0. The monoisotopic (exact) mass is 2200 g/mol. The molecule has 0 aromatic heterocycles. The Labute approximate surface area is 878 Å². The summed E-state index contributed by atoms with van der Waals surface area (Å²) in [5.74, 6) is -0.433. The number of nitrogens with zero attached hydrogens (tertiary/aromatic N) is 5. The van der Waals surface area contributed by atoms with Crippen LogP contribution in [0.15, 0.2) is 91.0 Å². The lowest BCUT2D eigenvalue weighted by atomic mass is 9.86. The van der Waals surface area contributed by atoms with E-state index in [0.29, 0.717) is 148 Å². The Morgan fingerprint density at radius 3 is 0.879 bits per heavy atom. The predicted octanol–water partition coefficient (Wildman–Crippen LogP) is 18.3. The van der Waals surface area contributed by atoms with Gasteiger partial charge in [0.1, 0.15) is 17.5 Å². The highest BCUT2D eigenvalue weighted by Gasteiger charge is 2.41. The third kappa shape index (κ3) is 38.7. The Bertz CT molecular complexity index is 5690. The van der Waals surface area contributed by atoms with E-state index in [1.807, 2.05) is 0 Å². The van der Waals surface area contributed by atoms with E-state index < -0.39 is 110 Å². The molecular formula is C105H162F9N15O15S5. The molecule has 3 aliphatic heterocycles. The molecular weight excluding hydrogens is 2040 g/mol. The van der Waals surface area contributed by atoms with Gasteiger partial charge in [0.25, 0.3) is 23.6 Å². The molecule has 5 saturated carbocycles. The third-order valence-corrected chi connectivity index (χ3v) is 39.1. The fourth-order valence-corrected chi connectivity index (χ4v) is 23.8. The van der Waals surface area contributed by atoms with Gasteiger partial charge in [0.2, 0.25) is 50.1 Å². The first-order chi connectivity index (χ1) is 69.3. The lowest BCUT2D eigenvalue weighted by Crippen LogP contribution is -2.46. The van der Waals surface area contributed by atoms with Crippen molar-refractivity contribution in [1.29, 1.82) is 0 Å². The van der Waals surface area contributed by atoms with Crippen LogP contribution in [0.4, 0.5) is 73.6 Å². The molecule has 4 amide bonds. The fourth-order valence-electron chi connectivity index (χ4n) is 18.8. The smallest absolute Gasteiger partial charge is 0.385 e. The topological polar surface area (TPSA) is 385 Å². The molecule has 3 saturated heterocycles. The van der Waals surface area contributed by atoms with E-state index in [0.717, 1.165) is 173 Å². The maximum absolute atomic E-state index is 14.0. The molecule has 840 valence electrons. The van der Waals surface area contributed by atoms with Gasteiger partial charge in [-0.1, -0.05) is 0 Å². The number of sulfonamides is 5. The van der Waals surface area contributed by atoms with Crippen LogP contribution in [0.1, 0.15) is 297 Å². The number of nitrogens with one attached hydrogen (secondary N) is 10. The number of amides is 4. The van der Waals surface area contributed by atoms with Gasteiger partial charge in [-0.2, -0.15) is 26.3 Å².